The van der Waals surface area contributed by atoms with Gasteiger partial charge in [-0.2, -0.15) is 0 Å². The van der Waals surface area contributed by atoms with Gasteiger partial charge in [0.15, 0.2) is 0 Å². The zero-order valence-corrected chi connectivity index (χ0v) is 12.4. The summed E-state index contributed by atoms with van der Waals surface area (Å²) in [4.78, 5) is 25.3. The second-order valence-corrected chi connectivity index (χ2v) is 5.46. The second-order valence-electron chi connectivity index (χ2n) is 5.46. The average molecular weight is 291 g/mol. The molecule has 1 amide bonds. The fourth-order valence-corrected chi connectivity index (χ4v) is 2.71. The smallest absolute Gasteiger partial charge is 0.308 e. The van der Waals surface area contributed by atoms with Crippen molar-refractivity contribution < 1.29 is 19.4 Å². The molecule has 2 atom stereocenters. The number of hydrogen-bond donors (Lipinski definition) is 1. The van der Waals surface area contributed by atoms with Gasteiger partial charge in [-0.15, -0.1) is 0 Å². The van der Waals surface area contributed by atoms with Crippen LogP contribution in [0.1, 0.15) is 31.2 Å². The summed E-state index contributed by atoms with van der Waals surface area (Å²) in [6, 6.07) is 7.43. The van der Waals surface area contributed by atoms with Crippen LogP contribution < -0.4 is 4.74 Å². The molecule has 1 aliphatic heterocycles. The Kier molecular flexibility index (Phi) is 4.83. The molecule has 2 unspecified atom stereocenters. The maximum atomic E-state index is 12.6. The molecule has 0 bridgehead atoms. The zero-order chi connectivity index (χ0) is 15.4. The normalized spacial score (nSPS) is 19.9. The van der Waals surface area contributed by atoms with Crippen LogP contribution in [0.15, 0.2) is 24.3 Å². The van der Waals surface area contributed by atoms with Gasteiger partial charge in [0, 0.05) is 13.1 Å². The number of methoxy groups -OCH3 is 1. The number of amides is 1. The quantitative estimate of drug-likeness (QED) is 0.922. The van der Waals surface area contributed by atoms with Gasteiger partial charge < -0.3 is 14.7 Å². The Morgan fingerprint density at radius 1 is 1.43 bits per heavy atom. The van der Waals surface area contributed by atoms with E-state index in [1.807, 2.05) is 31.2 Å². The van der Waals surface area contributed by atoms with E-state index in [1.165, 1.54) is 0 Å². The van der Waals surface area contributed by atoms with E-state index < -0.39 is 11.9 Å². The summed E-state index contributed by atoms with van der Waals surface area (Å²) in [5.41, 5.74) is 0.886. The first kappa shape index (κ1) is 15.4. The molecule has 0 saturated carbocycles. The Bertz CT molecular complexity index is 529. The Hall–Kier alpha value is -2.04. The fraction of sp³-hybridized carbons (Fsp3) is 0.500. The number of nitrogens with zero attached hydrogens (tertiary/aromatic N) is 1. The third kappa shape index (κ3) is 3.54. The fourth-order valence-electron chi connectivity index (χ4n) is 2.71. The van der Waals surface area contributed by atoms with E-state index in [0.29, 0.717) is 25.3 Å². The lowest BCUT2D eigenvalue weighted by atomic mass is 9.94. The molecule has 114 valence electrons. The van der Waals surface area contributed by atoms with Crippen molar-refractivity contribution in [1.82, 2.24) is 4.90 Å². The minimum atomic E-state index is -0.818. The molecular formula is C16H21NO4. The van der Waals surface area contributed by atoms with Crippen LogP contribution in [0.5, 0.6) is 5.75 Å². The molecule has 1 saturated heterocycles. The van der Waals surface area contributed by atoms with Crippen molar-refractivity contribution in [1.29, 1.82) is 0 Å². The predicted molar refractivity (Wildman–Crippen MR) is 78.3 cm³/mol. The van der Waals surface area contributed by atoms with E-state index in [0.717, 1.165) is 12.0 Å². The van der Waals surface area contributed by atoms with E-state index in [2.05, 4.69) is 0 Å². The van der Waals surface area contributed by atoms with Gasteiger partial charge in [-0.25, -0.2) is 0 Å². The summed E-state index contributed by atoms with van der Waals surface area (Å²) >= 11 is 0. The number of carboxylic acid groups (broad SMARTS) is 1. The number of carbonyl (C=O) groups excluding carboxylic acids is 1. The highest BCUT2D eigenvalue weighted by atomic mass is 16.5. The third-order valence-electron chi connectivity index (χ3n) is 4.05. The van der Waals surface area contributed by atoms with Crippen molar-refractivity contribution in [2.24, 2.45) is 5.92 Å². The van der Waals surface area contributed by atoms with E-state index in [1.54, 1.807) is 12.0 Å². The lowest BCUT2D eigenvalue weighted by Gasteiger charge is -2.32. The highest BCUT2D eigenvalue weighted by Gasteiger charge is 2.30. The Morgan fingerprint density at radius 3 is 2.86 bits per heavy atom. The summed E-state index contributed by atoms with van der Waals surface area (Å²) < 4.78 is 5.18. The Balaban J connectivity index is 2.09. The highest BCUT2D eigenvalue weighted by Crippen LogP contribution is 2.25. The molecule has 1 heterocycles. The van der Waals surface area contributed by atoms with Gasteiger partial charge in [0.05, 0.1) is 18.9 Å². The monoisotopic (exact) mass is 291 g/mol. The maximum Gasteiger partial charge on any atom is 0.308 e. The number of hydrogen-bond acceptors (Lipinski definition) is 3. The lowest BCUT2D eigenvalue weighted by molar-refractivity contribution is -0.146. The summed E-state index contributed by atoms with van der Waals surface area (Å²) in [5, 5.41) is 9.11. The van der Waals surface area contributed by atoms with Crippen molar-refractivity contribution in [3.63, 3.8) is 0 Å². The van der Waals surface area contributed by atoms with Gasteiger partial charge >= 0.3 is 5.97 Å². The molecule has 2 rings (SSSR count). The molecule has 0 aromatic heterocycles. The number of carboxylic acids is 1. The SMILES string of the molecule is COc1cccc(C(C)C(=O)N2CCCC(C(=O)O)C2)c1. The molecule has 0 aliphatic carbocycles. The van der Waals surface area contributed by atoms with Crippen molar-refractivity contribution in [2.45, 2.75) is 25.7 Å². The van der Waals surface area contributed by atoms with E-state index in [-0.39, 0.29) is 11.8 Å². The van der Waals surface area contributed by atoms with Gasteiger partial charge in [0.25, 0.3) is 0 Å². The number of aliphatic carboxylic acids is 1. The number of ether oxygens (including phenoxy) is 1. The maximum absolute atomic E-state index is 12.6. The van der Waals surface area contributed by atoms with Crippen LogP contribution in [0.2, 0.25) is 0 Å². The second kappa shape index (κ2) is 6.61. The van der Waals surface area contributed by atoms with Crippen LogP contribution in [0.4, 0.5) is 0 Å². The molecule has 1 aromatic carbocycles. The van der Waals surface area contributed by atoms with Crippen LogP contribution in [0.25, 0.3) is 0 Å². The van der Waals surface area contributed by atoms with Gasteiger partial charge in [-0.05, 0) is 37.5 Å². The number of likely N-dealkylation sites (tertiary alicyclic amines) is 1. The van der Waals surface area contributed by atoms with Gasteiger partial charge in [0.1, 0.15) is 5.75 Å². The largest absolute Gasteiger partial charge is 0.497 e. The highest BCUT2D eigenvalue weighted by molar-refractivity contribution is 5.84. The summed E-state index contributed by atoms with van der Waals surface area (Å²) in [6.45, 7) is 2.79. The van der Waals surface area contributed by atoms with Crippen LogP contribution in [-0.4, -0.2) is 42.1 Å². The molecule has 5 nitrogen and oxygen atoms in total. The third-order valence-corrected chi connectivity index (χ3v) is 4.05. The first-order valence-electron chi connectivity index (χ1n) is 7.18. The molecule has 5 heteroatoms. The van der Waals surface area contributed by atoms with Gasteiger partial charge in [-0.3, -0.25) is 9.59 Å². The molecule has 1 aliphatic rings. The van der Waals surface area contributed by atoms with Crippen molar-refractivity contribution in [2.75, 3.05) is 20.2 Å². The number of rotatable bonds is 4. The summed E-state index contributed by atoms with van der Waals surface area (Å²) in [6.07, 6.45) is 1.39. The Labute approximate surface area is 124 Å². The molecule has 21 heavy (non-hydrogen) atoms. The zero-order valence-electron chi connectivity index (χ0n) is 12.4. The topological polar surface area (TPSA) is 66.8 Å². The first-order chi connectivity index (χ1) is 10.0. The van der Waals surface area contributed by atoms with Gasteiger partial charge in [-0.1, -0.05) is 12.1 Å². The van der Waals surface area contributed by atoms with E-state index in [4.69, 9.17) is 9.84 Å². The number of carbonyl (C=O) groups is 2. The average Bonchev–Trinajstić information content (AvgIpc) is 2.53. The van der Waals surface area contributed by atoms with Crippen LogP contribution in [0, 0.1) is 5.92 Å². The van der Waals surface area contributed by atoms with Crippen LogP contribution in [-0.2, 0) is 9.59 Å². The number of piperidine rings is 1. The minimum Gasteiger partial charge on any atom is -0.497 e. The van der Waals surface area contributed by atoms with Crippen molar-refractivity contribution >= 4 is 11.9 Å². The first-order valence-corrected chi connectivity index (χ1v) is 7.18. The van der Waals surface area contributed by atoms with Crippen molar-refractivity contribution in [3.8, 4) is 5.75 Å². The van der Waals surface area contributed by atoms with E-state index >= 15 is 0 Å². The van der Waals surface area contributed by atoms with Crippen LogP contribution >= 0.6 is 0 Å². The minimum absolute atomic E-state index is 0.0193. The van der Waals surface area contributed by atoms with Crippen LogP contribution in [0.3, 0.4) is 0 Å². The standard InChI is InChI=1S/C16H21NO4/c1-11(12-5-3-7-14(9-12)21-2)15(18)17-8-4-6-13(10-17)16(19)20/h3,5,7,9,11,13H,4,6,8,10H2,1-2H3,(H,19,20). The molecular weight excluding hydrogens is 270 g/mol. The van der Waals surface area contributed by atoms with Crippen molar-refractivity contribution in [3.05, 3.63) is 29.8 Å². The number of benzene rings is 1. The molecule has 0 radical (unpaired) electrons. The Morgan fingerprint density at radius 2 is 2.19 bits per heavy atom. The van der Waals surface area contributed by atoms with Gasteiger partial charge in [0.2, 0.25) is 5.91 Å². The molecule has 1 fully saturated rings. The lowest BCUT2D eigenvalue weighted by Crippen LogP contribution is -2.43. The molecule has 0 spiro atoms. The molecule has 1 aromatic rings. The summed E-state index contributed by atoms with van der Waals surface area (Å²) in [7, 11) is 1.59. The molecule has 1 N–H and O–H groups in total. The summed E-state index contributed by atoms with van der Waals surface area (Å²) in [5.74, 6) is -0.863. The predicted octanol–water partition coefficient (Wildman–Crippen LogP) is 2.12. The van der Waals surface area contributed by atoms with E-state index in [9.17, 15) is 9.59 Å².